The molecule has 1 saturated carbocycles. The summed E-state index contributed by atoms with van der Waals surface area (Å²) in [6.07, 6.45) is 6.49. The van der Waals surface area contributed by atoms with Crippen LogP contribution < -0.4 is 0 Å². The number of fused-ring (bicyclic) bond motifs is 3. The number of aromatic nitrogens is 2. The van der Waals surface area contributed by atoms with E-state index in [9.17, 15) is 4.79 Å². The molecule has 2 fully saturated rings. The third-order valence-electron chi connectivity index (χ3n) is 8.70. The van der Waals surface area contributed by atoms with E-state index in [4.69, 9.17) is 4.98 Å². The van der Waals surface area contributed by atoms with Crippen LogP contribution in [0, 0.1) is 17.8 Å². The van der Waals surface area contributed by atoms with Crippen LogP contribution in [0.25, 0.3) is 10.9 Å². The smallest absolute Gasteiger partial charge is 0.273 e. The minimum absolute atomic E-state index is 0.118. The molecule has 4 aromatic rings. The lowest BCUT2D eigenvalue weighted by atomic mass is 9.65. The van der Waals surface area contributed by atoms with E-state index in [1.54, 1.807) is 11.3 Å². The molecule has 1 aliphatic carbocycles. The monoisotopic (exact) mass is 540 g/mol. The van der Waals surface area contributed by atoms with Crippen molar-refractivity contribution >= 4 is 28.1 Å². The second kappa shape index (κ2) is 10.2. The first kappa shape index (κ1) is 26.3. The number of aryl methyl sites for hydroxylation is 1. The van der Waals surface area contributed by atoms with E-state index in [2.05, 4.69) is 97.2 Å². The van der Waals surface area contributed by atoms with Gasteiger partial charge >= 0.3 is 0 Å². The lowest BCUT2D eigenvalue weighted by Crippen LogP contribution is -2.37. The van der Waals surface area contributed by atoms with Gasteiger partial charge in [0.25, 0.3) is 5.91 Å². The second-order valence-electron chi connectivity index (χ2n) is 13.1. The van der Waals surface area contributed by atoms with Crippen LogP contribution in [0.3, 0.4) is 0 Å². The number of likely N-dealkylation sites (tertiary alicyclic amines) is 1. The van der Waals surface area contributed by atoms with Gasteiger partial charge in [-0.2, -0.15) is 0 Å². The number of benzene rings is 2. The van der Waals surface area contributed by atoms with Gasteiger partial charge in [-0.1, -0.05) is 68.8 Å². The zero-order valence-electron chi connectivity index (χ0n) is 23.7. The van der Waals surface area contributed by atoms with E-state index >= 15 is 0 Å². The molecule has 1 amide bonds. The molecule has 204 valence electrons. The number of rotatable bonds is 8. The molecule has 3 heterocycles. The maximum Gasteiger partial charge on any atom is 0.273 e. The number of para-hydroxylation sites is 1. The van der Waals surface area contributed by atoms with Crippen molar-refractivity contribution in [3.63, 3.8) is 0 Å². The summed E-state index contributed by atoms with van der Waals surface area (Å²) >= 11 is 1.62. The Morgan fingerprint density at radius 1 is 1.10 bits per heavy atom. The summed E-state index contributed by atoms with van der Waals surface area (Å²) in [4.78, 5) is 26.5. The van der Waals surface area contributed by atoms with E-state index in [0.717, 1.165) is 50.4 Å². The highest BCUT2D eigenvalue weighted by Crippen LogP contribution is 2.52. The molecule has 6 heteroatoms. The van der Waals surface area contributed by atoms with Crippen LogP contribution in [0.2, 0.25) is 0 Å². The Balaban J connectivity index is 1.17. The van der Waals surface area contributed by atoms with Crippen molar-refractivity contribution in [2.24, 2.45) is 10.8 Å². The molecule has 0 radical (unpaired) electrons. The summed E-state index contributed by atoms with van der Waals surface area (Å²) in [5, 5.41) is 4.29. The number of nitrogens with zero attached hydrogens (tertiary/aromatic N) is 3. The largest absolute Gasteiger partial charge is 0.361 e. The average Bonchev–Trinajstić information content (AvgIpc) is 3.58. The second-order valence-corrected chi connectivity index (χ2v) is 14.0. The van der Waals surface area contributed by atoms with Crippen molar-refractivity contribution in [2.45, 2.75) is 72.5 Å². The van der Waals surface area contributed by atoms with Crippen LogP contribution in [0.4, 0.5) is 0 Å². The van der Waals surface area contributed by atoms with E-state index in [0.29, 0.717) is 17.2 Å². The summed E-state index contributed by atoms with van der Waals surface area (Å²) in [6, 6.07) is 17.6. The lowest BCUT2D eigenvalue weighted by Gasteiger charge is -2.39. The van der Waals surface area contributed by atoms with Crippen LogP contribution in [0.1, 0.15) is 72.2 Å². The van der Waals surface area contributed by atoms with Gasteiger partial charge in [-0.15, -0.1) is 11.3 Å². The Bertz CT molecular complexity index is 1470. The summed E-state index contributed by atoms with van der Waals surface area (Å²) < 4.78 is 0. The predicted octanol–water partition coefficient (Wildman–Crippen LogP) is 7.22. The topological polar surface area (TPSA) is 52.2 Å². The molecule has 2 aliphatic rings. The number of H-pyrrole nitrogens is 1. The highest BCUT2D eigenvalue weighted by atomic mass is 32.1. The molecular formula is C33H40N4OS. The zero-order chi connectivity index (χ0) is 27.2. The van der Waals surface area contributed by atoms with Gasteiger partial charge in [-0.3, -0.25) is 9.69 Å². The summed E-state index contributed by atoms with van der Waals surface area (Å²) in [6.45, 7) is 12.6. The molecule has 2 aromatic heterocycles. The van der Waals surface area contributed by atoms with Crippen molar-refractivity contribution in [3.05, 3.63) is 87.5 Å². The third-order valence-corrected chi connectivity index (χ3v) is 9.54. The van der Waals surface area contributed by atoms with Crippen molar-refractivity contribution in [1.82, 2.24) is 19.8 Å². The van der Waals surface area contributed by atoms with Crippen molar-refractivity contribution < 1.29 is 4.79 Å². The Hall–Kier alpha value is -2.96. The highest BCUT2D eigenvalue weighted by Gasteiger charge is 2.51. The molecule has 0 spiro atoms. The van der Waals surface area contributed by atoms with Crippen LogP contribution in [0.5, 0.6) is 0 Å². The van der Waals surface area contributed by atoms with E-state index < -0.39 is 0 Å². The molecule has 2 atom stereocenters. The number of thiazole rings is 1. The fraction of sp³-hybridized carbons (Fsp3) is 0.455. The average molecular weight is 541 g/mol. The number of nitrogens with one attached hydrogen (secondary N) is 1. The number of aromatic amines is 1. The van der Waals surface area contributed by atoms with Gasteiger partial charge in [-0.05, 0) is 60.6 Å². The first-order valence-corrected chi connectivity index (χ1v) is 15.1. The molecule has 2 aromatic carbocycles. The summed E-state index contributed by atoms with van der Waals surface area (Å²) in [7, 11) is 0. The fourth-order valence-corrected chi connectivity index (χ4v) is 8.11. The first-order chi connectivity index (χ1) is 18.7. The van der Waals surface area contributed by atoms with Crippen LogP contribution >= 0.6 is 11.3 Å². The Morgan fingerprint density at radius 3 is 2.72 bits per heavy atom. The molecule has 2 unspecified atom stereocenters. The van der Waals surface area contributed by atoms with Crippen LogP contribution in [-0.2, 0) is 19.5 Å². The van der Waals surface area contributed by atoms with Crippen LogP contribution in [0.15, 0.2) is 60.1 Å². The van der Waals surface area contributed by atoms with E-state index in [-0.39, 0.29) is 11.3 Å². The number of carbonyl (C=O) groups excluding carboxylic acids is 1. The Morgan fingerprint density at radius 2 is 1.90 bits per heavy atom. The number of amides is 1. The lowest BCUT2D eigenvalue weighted by molar-refractivity contribution is 0.0702. The highest BCUT2D eigenvalue weighted by molar-refractivity contribution is 7.09. The standard InChI is InChI=1S/C33H40N4OS/c1-23-9-11-24(12-10-23)18-36(14-13-25-17-34-28-8-6-5-7-27(25)28)19-30-35-29(20-39-30)31(38)37-22-33(4)16-26(37)15-32(2,3)21-33/h5-12,17,20,26,34H,13-16,18-19,21-22H2,1-4H3. The minimum atomic E-state index is 0.118. The zero-order valence-corrected chi connectivity index (χ0v) is 24.5. The summed E-state index contributed by atoms with van der Waals surface area (Å²) in [5.74, 6) is 0.118. The molecule has 1 saturated heterocycles. The third kappa shape index (κ3) is 5.68. The summed E-state index contributed by atoms with van der Waals surface area (Å²) in [5.41, 5.74) is 6.24. The Labute approximate surface area is 236 Å². The number of carbonyl (C=O) groups is 1. The van der Waals surface area contributed by atoms with Crippen molar-refractivity contribution in [2.75, 3.05) is 13.1 Å². The SMILES string of the molecule is Cc1ccc(CN(CCc2c[nH]c3ccccc23)Cc2nc(C(=O)N3CC4(C)CC3CC(C)(C)C4)cs2)cc1. The maximum absolute atomic E-state index is 13.6. The van der Waals surface area contributed by atoms with Gasteiger partial charge in [0.1, 0.15) is 10.7 Å². The van der Waals surface area contributed by atoms with Gasteiger partial charge in [-0.25, -0.2) is 4.98 Å². The van der Waals surface area contributed by atoms with Gasteiger partial charge < -0.3 is 9.88 Å². The fourth-order valence-electron chi connectivity index (χ4n) is 7.30. The van der Waals surface area contributed by atoms with Crippen molar-refractivity contribution in [3.8, 4) is 0 Å². The van der Waals surface area contributed by atoms with E-state index in [1.165, 1.54) is 34.0 Å². The van der Waals surface area contributed by atoms with Gasteiger partial charge in [0.15, 0.2) is 0 Å². The number of hydrogen-bond acceptors (Lipinski definition) is 4. The first-order valence-electron chi connectivity index (χ1n) is 14.2. The van der Waals surface area contributed by atoms with Gasteiger partial charge in [0.2, 0.25) is 0 Å². The molecule has 1 aliphatic heterocycles. The molecule has 1 N–H and O–H groups in total. The van der Waals surface area contributed by atoms with Crippen LogP contribution in [-0.4, -0.2) is 44.8 Å². The maximum atomic E-state index is 13.6. The minimum Gasteiger partial charge on any atom is -0.361 e. The van der Waals surface area contributed by atoms with Gasteiger partial charge in [0.05, 0.1) is 6.54 Å². The predicted molar refractivity (Wildman–Crippen MR) is 160 cm³/mol. The molecule has 6 rings (SSSR count). The normalized spacial score (nSPS) is 22.2. The Kier molecular flexibility index (Phi) is 6.88. The number of hydrogen-bond donors (Lipinski definition) is 1. The molecule has 2 bridgehead atoms. The van der Waals surface area contributed by atoms with E-state index in [1.807, 2.05) is 5.38 Å². The quantitative estimate of drug-likeness (QED) is 0.257. The van der Waals surface area contributed by atoms with Gasteiger partial charge in [0, 0.05) is 48.2 Å². The molecule has 5 nitrogen and oxygen atoms in total. The molecule has 39 heavy (non-hydrogen) atoms. The molecular weight excluding hydrogens is 500 g/mol. The van der Waals surface area contributed by atoms with Crippen molar-refractivity contribution in [1.29, 1.82) is 0 Å².